The number of aromatic nitrogens is 1. The number of nitrogens with zero attached hydrogens (tertiary/aromatic N) is 1. The summed E-state index contributed by atoms with van der Waals surface area (Å²) < 4.78 is 144. The number of rotatable bonds is 7. The molecule has 312 valence electrons. The SMILES string of the molecule is [2H]C([2H])([2H])c1ccccc1-n1c2ccc(-c3cc(-c4cc(F)cc(F)c4)cc(-c4cc(F)cc(F)c4)c3)cc2c2cc(-c3cc(-c4cc(F)cc(F)c4)cc(-c4cc(F)cc(F)c4)c3)ccc21. The van der Waals surface area contributed by atoms with E-state index in [1.807, 2.05) is 16.7 Å². The Labute approximate surface area is 366 Å². The van der Waals surface area contributed by atoms with E-state index in [0.29, 0.717) is 72.0 Å². The van der Waals surface area contributed by atoms with E-state index in [9.17, 15) is 35.1 Å². The summed E-state index contributed by atoms with van der Waals surface area (Å²) in [6.07, 6.45) is 0. The second-order valence-corrected chi connectivity index (χ2v) is 15.5. The highest BCUT2D eigenvalue weighted by Crippen LogP contribution is 2.41. The van der Waals surface area contributed by atoms with Crippen molar-refractivity contribution in [3.05, 3.63) is 222 Å². The average Bonchev–Trinajstić information content (AvgIpc) is 3.60. The van der Waals surface area contributed by atoms with Gasteiger partial charge in [-0.15, -0.1) is 0 Å². The van der Waals surface area contributed by atoms with Crippen molar-refractivity contribution >= 4 is 21.8 Å². The van der Waals surface area contributed by atoms with Crippen LogP contribution in [0.5, 0.6) is 0 Å². The highest BCUT2D eigenvalue weighted by Gasteiger charge is 2.19. The Morgan fingerprint density at radius 3 is 0.891 bits per heavy atom. The van der Waals surface area contributed by atoms with Crippen LogP contribution in [-0.2, 0) is 0 Å². The van der Waals surface area contributed by atoms with Gasteiger partial charge in [-0.05, 0) is 194 Å². The summed E-state index contributed by atoms with van der Waals surface area (Å²) >= 11 is 0. The molecule has 0 fully saturated rings. The number of fused-ring (bicyclic) bond motifs is 3. The van der Waals surface area contributed by atoms with Gasteiger partial charge in [-0.1, -0.05) is 30.3 Å². The van der Waals surface area contributed by atoms with Gasteiger partial charge in [0.15, 0.2) is 0 Å². The molecular weight excluding hydrogens is 827 g/mol. The molecule has 9 aromatic carbocycles. The molecule has 0 unspecified atom stereocenters. The quantitative estimate of drug-likeness (QED) is 0.141. The maximum absolute atomic E-state index is 14.6. The Hall–Kier alpha value is -7.78. The lowest BCUT2D eigenvalue weighted by Gasteiger charge is -2.13. The lowest BCUT2D eigenvalue weighted by atomic mass is 9.92. The molecule has 10 aromatic rings. The molecule has 1 nitrogen and oxygen atoms in total. The fraction of sp³-hybridized carbons (Fsp3) is 0.0182. The van der Waals surface area contributed by atoms with Crippen molar-refractivity contribution in [3.8, 4) is 72.4 Å². The minimum absolute atomic E-state index is 0.0749. The summed E-state index contributed by atoms with van der Waals surface area (Å²) in [7, 11) is 0. The molecule has 0 saturated carbocycles. The largest absolute Gasteiger partial charge is 0.309 e. The Balaban J connectivity index is 1.24. The number of benzene rings is 9. The summed E-state index contributed by atoms with van der Waals surface area (Å²) in [6, 6.07) is 39.5. The first-order valence-corrected chi connectivity index (χ1v) is 19.9. The lowest BCUT2D eigenvalue weighted by molar-refractivity contribution is 0.583. The summed E-state index contributed by atoms with van der Waals surface area (Å²) in [6.45, 7) is -2.52. The molecule has 9 heteroatoms. The standard InChI is InChI=1S/C55H31F8N/c1-30-4-2-3-5-53(30)64-54-8-6-31(33-10-35(39-16-43(56)26-44(57)17-39)14-36(11-33)40-18-45(58)27-46(59)19-40)24-51(54)52-25-32(7-9-55(52)64)34-12-37(41-20-47(60)28-48(61)21-41)15-38(13-34)42-22-49(62)29-50(63)23-42/h2-29H,1H3/i1D3. The maximum Gasteiger partial charge on any atom is 0.126 e. The van der Waals surface area contributed by atoms with Crippen LogP contribution in [0.2, 0.25) is 0 Å². The molecule has 10 rings (SSSR count). The molecule has 0 aliphatic rings. The van der Waals surface area contributed by atoms with Gasteiger partial charge in [-0.25, -0.2) is 35.1 Å². The Kier molecular flexibility index (Phi) is 9.12. The zero-order chi connectivity index (χ0) is 46.9. The van der Waals surface area contributed by atoms with Gasteiger partial charge >= 0.3 is 0 Å². The van der Waals surface area contributed by atoms with E-state index < -0.39 is 53.4 Å². The van der Waals surface area contributed by atoms with E-state index in [4.69, 9.17) is 4.11 Å². The third-order valence-electron chi connectivity index (χ3n) is 11.2. The van der Waals surface area contributed by atoms with Crippen LogP contribution in [0, 0.1) is 53.4 Å². The third kappa shape index (κ3) is 7.70. The van der Waals surface area contributed by atoms with Crippen LogP contribution in [0.15, 0.2) is 170 Å². The summed E-state index contributed by atoms with van der Waals surface area (Å²) in [4.78, 5) is 0. The summed E-state index contributed by atoms with van der Waals surface area (Å²) in [5.41, 5.74) is 5.85. The Morgan fingerprint density at radius 1 is 0.297 bits per heavy atom. The monoisotopic (exact) mass is 860 g/mol. The molecule has 0 spiro atoms. The van der Waals surface area contributed by atoms with Gasteiger partial charge in [-0.2, -0.15) is 0 Å². The number of hydrogen-bond donors (Lipinski definition) is 0. The first-order valence-electron chi connectivity index (χ1n) is 21.4. The minimum Gasteiger partial charge on any atom is -0.309 e. The fourth-order valence-electron chi connectivity index (χ4n) is 8.45. The predicted molar refractivity (Wildman–Crippen MR) is 238 cm³/mol. The molecule has 64 heavy (non-hydrogen) atoms. The number of hydrogen-bond acceptors (Lipinski definition) is 0. The van der Waals surface area contributed by atoms with E-state index >= 15 is 0 Å². The number of aryl methyl sites for hydroxylation is 1. The van der Waals surface area contributed by atoms with Crippen LogP contribution in [-0.4, -0.2) is 4.57 Å². The lowest BCUT2D eigenvalue weighted by Crippen LogP contribution is -1.96. The van der Waals surface area contributed by atoms with Crippen LogP contribution in [0.1, 0.15) is 9.68 Å². The number of para-hydroxylation sites is 1. The van der Waals surface area contributed by atoms with Crippen molar-refractivity contribution in [2.75, 3.05) is 0 Å². The molecule has 0 amide bonds. The molecule has 0 bridgehead atoms. The molecule has 1 heterocycles. The van der Waals surface area contributed by atoms with Crippen LogP contribution in [0.25, 0.3) is 94.3 Å². The van der Waals surface area contributed by atoms with Gasteiger partial charge < -0.3 is 4.57 Å². The van der Waals surface area contributed by atoms with Crippen molar-refractivity contribution in [1.82, 2.24) is 4.57 Å². The molecule has 1 aromatic heterocycles. The first kappa shape index (κ1) is 36.8. The van der Waals surface area contributed by atoms with Crippen LogP contribution < -0.4 is 0 Å². The van der Waals surface area contributed by atoms with E-state index in [0.717, 1.165) is 72.8 Å². The van der Waals surface area contributed by atoms with E-state index in [2.05, 4.69) is 0 Å². The maximum atomic E-state index is 14.6. The summed E-state index contributed by atoms with van der Waals surface area (Å²) in [5, 5.41) is 1.23. The molecular formula is C55H31F8N. The van der Waals surface area contributed by atoms with Gasteiger partial charge in [0, 0.05) is 44.8 Å². The highest BCUT2D eigenvalue weighted by molar-refractivity contribution is 6.12. The molecule has 0 saturated heterocycles. The van der Waals surface area contributed by atoms with Gasteiger partial charge in [0.1, 0.15) is 46.5 Å². The Morgan fingerprint density at radius 2 is 0.578 bits per heavy atom. The predicted octanol–water partition coefficient (Wildman–Crippen LogP) is 16.2. The molecule has 0 aliphatic heterocycles. The van der Waals surface area contributed by atoms with E-state index in [-0.39, 0.29) is 27.8 Å². The first-order chi connectivity index (χ1) is 32.0. The zero-order valence-electron chi connectivity index (χ0n) is 36.1. The third-order valence-corrected chi connectivity index (χ3v) is 11.2. The van der Waals surface area contributed by atoms with Gasteiger partial charge in [0.2, 0.25) is 0 Å². The minimum atomic E-state index is -2.52. The van der Waals surface area contributed by atoms with Gasteiger partial charge in [0.25, 0.3) is 0 Å². The van der Waals surface area contributed by atoms with Gasteiger partial charge in [-0.3, -0.25) is 0 Å². The van der Waals surface area contributed by atoms with E-state index in [1.54, 1.807) is 78.9 Å². The second-order valence-electron chi connectivity index (χ2n) is 15.5. The number of halogens is 8. The summed E-state index contributed by atoms with van der Waals surface area (Å²) in [5.74, 6) is -6.63. The Bertz CT molecular complexity index is 3210. The second kappa shape index (κ2) is 15.8. The fourth-order valence-corrected chi connectivity index (χ4v) is 8.45. The van der Waals surface area contributed by atoms with Crippen molar-refractivity contribution in [2.24, 2.45) is 0 Å². The van der Waals surface area contributed by atoms with Crippen molar-refractivity contribution in [2.45, 2.75) is 6.85 Å². The van der Waals surface area contributed by atoms with Crippen molar-refractivity contribution in [1.29, 1.82) is 0 Å². The van der Waals surface area contributed by atoms with Crippen LogP contribution >= 0.6 is 0 Å². The van der Waals surface area contributed by atoms with Crippen LogP contribution in [0.3, 0.4) is 0 Å². The normalized spacial score (nSPS) is 12.4. The van der Waals surface area contributed by atoms with E-state index in [1.165, 1.54) is 6.07 Å². The average molecular weight is 861 g/mol. The van der Waals surface area contributed by atoms with Crippen LogP contribution in [0.4, 0.5) is 35.1 Å². The van der Waals surface area contributed by atoms with Gasteiger partial charge in [0.05, 0.1) is 11.0 Å². The zero-order valence-corrected chi connectivity index (χ0v) is 33.1. The molecule has 0 N–H and O–H groups in total. The van der Waals surface area contributed by atoms with Crippen molar-refractivity contribution in [3.63, 3.8) is 0 Å². The molecule has 0 radical (unpaired) electrons. The van der Waals surface area contributed by atoms with Crippen molar-refractivity contribution < 1.29 is 39.2 Å². The molecule has 0 atom stereocenters. The topological polar surface area (TPSA) is 4.93 Å². The highest BCUT2D eigenvalue weighted by atomic mass is 19.2. The molecule has 0 aliphatic carbocycles. The smallest absolute Gasteiger partial charge is 0.126 e.